The first-order valence-electron chi connectivity index (χ1n) is 10.7. The molecule has 0 aliphatic carbocycles. The van der Waals surface area contributed by atoms with E-state index in [1.165, 1.54) is 16.3 Å². The topological polar surface area (TPSA) is 72.7 Å². The van der Waals surface area contributed by atoms with Crippen LogP contribution in [0.5, 0.6) is 0 Å². The number of hydrogen-bond donors (Lipinski definition) is 1. The second-order valence-corrected chi connectivity index (χ2v) is 9.24. The molecule has 0 bridgehead atoms. The molecule has 0 fully saturated rings. The highest BCUT2D eigenvalue weighted by Crippen LogP contribution is 2.32. The summed E-state index contributed by atoms with van der Waals surface area (Å²) >= 11 is 1.62. The van der Waals surface area contributed by atoms with Gasteiger partial charge >= 0.3 is 0 Å². The van der Waals surface area contributed by atoms with Crippen LogP contribution in [0.4, 0.5) is 14.5 Å². The van der Waals surface area contributed by atoms with Crippen molar-refractivity contribution in [1.29, 1.82) is 0 Å². The monoisotopic (exact) mass is 477 g/mol. The molecule has 2 aromatic carbocycles. The van der Waals surface area contributed by atoms with Crippen LogP contribution in [0.15, 0.2) is 48.5 Å². The summed E-state index contributed by atoms with van der Waals surface area (Å²) in [4.78, 5) is 21.7. The van der Waals surface area contributed by atoms with E-state index in [0.717, 1.165) is 20.8 Å². The number of nitrogens with one attached hydrogen (secondary N) is 1. The van der Waals surface area contributed by atoms with Gasteiger partial charge in [-0.3, -0.25) is 4.79 Å². The Morgan fingerprint density at radius 2 is 1.82 bits per heavy atom. The molecule has 3 heterocycles. The molecule has 9 heteroatoms. The maximum Gasteiger partial charge on any atom is 0.264 e. The lowest BCUT2D eigenvalue weighted by Gasteiger charge is -2.08. The number of thiazole rings is 1. The molecule has 0 atom stereocenters. The molecule has 5 aromatic rings. The quantitative estimate of drug-likeness (QED) is 0.327. The van der Waals surface area contributed by atoms with Gasteiger partial charge in [-0.25, -0.2) is 23.4 Å². The Morgan fingerprint density at radius 1 is 1.06 bits per heavy atom. The minimum Gasteiger partial charge on any atom is -0.324 e. The van der Waals surface area contributed by atoms with Crippen molar-refractivity contribution in [1.82, 2.24) is 19.7 Å². The molecule has 1 N–H and O–H groups in total. The molecule has 34 heavy (non-hydrogen) atoms. The Hall–Kier alpha value is -3.72. The number of nitrogens with zero attached hydrogens (tertiary/aromatic N) is 4. The van der Waals surface area contributed by atoms with Gasteiger partial charge in [-0.05, 0) is 68.8 Å². The summed E-state index contributed by atoms with van der Waals surface area (Å²) in [5.74, 6) is -0.325. The fraction of sp³-hybridized carbons (Fsp3) is 0.200. The summed E-state index contributed by atoms with van der Waals surface area (Å²) in [6.07, 6.45) is -2.65. The molecule has 6 nitrogen and oxygen atoms in total. The Labute approximate surface area is 198 Å². The van der Waals surface area contributed by atoms with Gasteiger partial charge in [0.2, 0.25) is 5.91 Å². The molecule has 0 aliphatic rings. The number of alkyl halides is 2. The molecular weight excluding hydrogens is 456 g/mol. The van der Waals surface area contributed by atoms with E-state index in [0.29, 0.717) is 22.5 Å². The first-order chi connectivity index (χ1) is 16.3. The maximum atomic E-state index is 13.5. The van der Waals surface area contributed by atoms with Crippen molar-refractivity contribution < 1.29 is 13.6 Å². The lowest BCUT2D eigenvalue weighted by Crippen LogP contribution is -2.19. The molecule has 5 rings (SSSR count). The zero-order valence-corrected chi connectivity index (χ0v) is 19.6. The number of hydrogen-bond acceptors (Lipinski definition) is 5. The van der Waals surface area contributed by atoms with Crippen molar-refractivity contribution in [3.05, 3.63) is 71.0 Å². The average molecular weight is 478 g/mol. The number of carbonyl (C=O) groups is 1. The van der Waals surface area contributed by atoms with Gasteiger partial charge in [-0.2, -0.15) is 5.10 Å². The number of rotatable bonds is 5. The summed E-state index contributed by atoms with van der Waals surface area (Å²) in [7, 11) is 0. The van der Waals surface area contributed by atoms with Crippen molar-refractivity contribution in [2.45, 2.75) is 33.7 Å². The van der Waals surface area contributed by atoms with Crippen molar-refractivity contribution in [3.8, 4) is 10.6 Å². The minimum atomic E-state index is -2.65. The largest absolute Gasteiger partial charge is 0.324 e. The van der Waals surface area contributed by atoms with Crippen LogP contribution in [-0.2, 0) is 11.3 Å². The van der Waals surface area contributed by atoms with Crippen LogP contribution in [0, 0.1) is 20.8 Å². The number of pyridine rings is 1. The van der Waals surface area contributed by atoms with Gasteiger partial charge in [0, 0.05) is 22.5 Å². The number of amides is 1. The number of aryl methyl sites for hydroxylation is 3. The van der Waals surface area contributed by atoms with Gasteiger partial charge in [-0.15, -0.1) is 11.3 Å². The number of fused-ring (bicyclic) bond motifs is 2. The summed E-state index contributed by atoms with van der Waals surface area (Å²) in [6, 6.07) is 15.0. The minimum absolute atomic E-state index is 0.118. The van der Waals surface area contributed by atoms with Gasteiger partial charge in [-0.1, -0.05) is 6.07 Å². The van der Waals surface area contributed by atoms with Crippen molar-refractivity contribution in [2.24, 2.45) is 0 Å². The fourth-order valence-electron chi connectivity index (χ4n) is 3.99. The molecular formula is C25H21F2N5OS. The molecule has 0 saturated heterocycles. The van der Waals surface area contributed by atoms with E-state index >= 15 is 0 Å². The highest BCUT2D eigenvalue weighted by Gasteiger charge is 2.20. The van der Waals surface area contributed by atoms with E-state index in [1.54, 1.807) is 25.2 Å². The van der Waals surface area contributed by atoms with Crippen LogP contribution in [0.25, 0.3) is 31.8 Å². The Morgan fingerprint density at radius 3 is 2.56 bits per heavy atom. The predicted octanol–water partition coefficient (Wildman–Crippen LogP) is 6.21. The Kier molecular flexibility index (Phi) is 5.57. The number of carbonyl (C=O) groups excluding carboxylic acids is 1. The highest BCUT2D eigenvalue weighted by molar-refractivity contribution is 7.21. The van der Waals surface area contributed by atoms with Crippen molar-refractivity contribution >= 4 is 44.2 Å². The van der Waals surface area contributed by atoms with Gasteiger partial charge in [0.25, 0.3) is 6.43 Å². The lowest BCUT2D eigenvalue weighted by atomic mass is 10.1. The Balaban J connectivity index is 1.34. The lowest BCUT2D eigenvalue weighted by molar-refractivity contribution is -0.116. The van der Waals surface area contributed by atoms with E-state index < -0.39 is 6.43 Å². The molecule has 0 saturated carbocycles. The highest BCUT2D eigenvalue weighted by atomic mass is 32.1. The van der Waals surface area contributed by atoms with Crippen LogP contribution in [-0.4, -0.2) is 25.7 Å². The van der Waals surface area contributed by atoms with E-state index in [-0.39, 0.29) is 23.7 Å². The van der Waals surface area contributed by atoms with Crippen LogP contribution in [0.2, 0.25) is 0 Å². The second-order valence-electron chi connectivity index (χ2n) is 8.21. The van der Waals surface area contributed by atoms with E-state index in [4.69, 9.17) is 0 Å². The summed E-state index contributed by atoms with van der Waals surface area (Å²) < 4.78 is 29.5. The van der Waals surface area contributed by atoms with Crippen molar-refractivity contribution in [2.75, 3.05) is 5.32 Å². The van der Waals surface area contributed by atoms with Gasteiger partial charge < -0.3 is 5.32 Å². The normalized spacial score (nSPS) is 11.6. The van der Waals surface area contributed by atoms with E-state index in [1.807, 2.05) is 36.4 Å². The van der Waals surface area contributed by atoms with E-state index in [9.17, 15) is 13.6 Å². The molecule has 172 valence electrons. The SMILES string of the molecule is Cc1ccc2nc(-c3ccc(NC(=O)Cn4nc(C)c5c(C(F)F)cc(C)nc54)cc3)sc2c1. The predicted molar refractivity (Wildman–Crippen MR) is 130 cm³/mol. The van der Waals surface area contributed by atoms with Crippen LogP contribution < -0.4 is 5.32 Å². The van der Waals surface area contributed by atoms with Gasteiger partial charge in [0.05, 0.1) is 21.3 Å². The number of anilines is 1. The fourth-order valence-corrected chi connectivity index (χ4v) is 5.06. The summed E-state index contributed by atoms with van der Waals surface area (Å²) in [5, 5.41) is 8.33. The Bertz CT molecular complexity index is 1540. The first-order valence-corrected chi connectivity index (χ1v) is 11.5. The smallest absolute Gasteiger partial charge is 0.264 e. The third-order valence-electron chi connectivity index (χ3n) is 5.52. The van der Waals surface area contributed by atoms with E-state index in [2.05, 4.69) is 33.4 Å². The molecule has 0 radical (unpaired) electrons. The summed E-state index contributed by atoms with van der Waals surface area (Å²) in [5.41, 5.74) is 4.77. The third kappa shape index (κ3) is 4.14. The average Bonchev–Trinajstić information content (AvgIpc) is 3.34. The zero-order chi connectivity index (χ0) is 24.0. The van der Waals surface area contributed by atoms with Crippen LogP contribution in [0.3, 0.4) is 0 Å². The molecule has 0 spiro atoms. The third-order valence-corrected chi connectivity index (χ3v) is 6.59. The van der Waals surface area contributed by atoms with Crippen LogP contribution >= 0.6 is 11.3 Å². The molecule has 1 amide bonds. The maximum absolute atomic E-state index is 13.5. The first kappa shape index (κ1) is 22.1. The molecule has 0 aliphatic heterocycles. The second kappa shape index (κ2) is 8.57. The number of benzene rings is 2. The zero-order valence-electron chi connectivity index (χ0n) is 18.8. The molecule has 3 aromatic heterocycles. The van der Waals surface area contributed by atoms with Gasteiger partial charge in [0.1, 0.15) is 11.6 Å². The number of halogens is 2. The van der Waals surface area contributed by atoms with Crippen LogP contribution in [0.1, 0.15) is 28.9 Å². The standard InChI is InChI=1S/C25H21F2N5OS/c1-13-4-9-19-20(10-13)34-25(30-19)16-5-7-17(8-6-16)29-21(33)12-32-24-22(15(3)31-32)18(23(26)27)11-14(2)28-24/h4-11,23H,12H2,1-3H3,(H,29,33). The molecule has 0 unspecified atom stereocenters. The summed E-state index contributed by atoms with van der Waals surface area (Å²) in [6.45, 7) is 5.20. The van der Waals surface area contributed by atoms with Gasteiger partial charge in [0.15, 0.2) is 5.65 Å². The van der Waals surface area contributed by atoms with Crippen molar-refractivity contribution in [3.63, 3.8) is 0 Å². The number of aromatic nitrogens is 4.